The Labute approximate surface area is 73.3 Å². The molecule has 0 saturated carbocycles. The fourth-order valence-electron chi connectivity index (χ4n) is 1.05. The minimum absolute atomic E-state index is 0.444. The van der Waals surface area contributed by atoms with Gasteiger partial charge in [0, 0.05) is 6.54 Å². The molecule has 12 heavy (non-hydrogen) atoms. The van der Waals surface area contributed by atoms with Crippen LogP contribution in [0.1, 0.15) is 20.3 Å². The highest BCUT2D eigenvalue weighted by molar-refractivity contribution is 5.73. The topological polar surface area (TPSA) is 66.6 Å². The largest absolute Gasteiger partial charge is 0.480 e. The van der Waals surface area contributed by atoms with E-state index in [1.807, 2.05) is 11.8 Å². The van der Waals surface area contributed by atoms with Gasteiger partial charge in [0.05, 0.1) is 0 Å². The molecule has 3 N–H and O–H groups in total. The molecule has 0 saturated heterocycles. The lowest BCUT2D eigenvalue weighted by Gasteiger charge is -2.21. The second-order valence-corrected chi connectivity index (χ2v) is 2.84. The zero-order valence-corrected chi connectivity index (χ0v) is 7.79. The minimum Gasteiger partial charge on any atom is -0.480 e. The van der Waals surface area contributed by atoms with Gasteiger partial charge in [0.25, 0.3) is 0 Å². The fraction of sp³-hybridized carbons (Fsp3) is 0.875. The van der Waals surface area contributed by atoms with E-state index in [2.05, 4.69) is 6.92 Å². The Bertz CT molecular complexity index is 139. The average molecular weight is 174 g/mol. The maximum atomic E-state index is 10.4. The van der Waals surface area contributed by atoms with Crippen LogP contribution in [0.3, 0.4) is 0 Å². The van der Waals surface area contributed by atoms with Crippen molar-refractivity contribution in [3.8, 4) is 0 Å². The standard InChI is InChI=1S/C8H18N2O2/c1-3-5-10(4-2)6-7(9)8(11)12/h7H,3-6,9H2,1-2H3,(H,11,12). The van der Waals surface area contributed by atoms with Crippen LogP contribution in [-0.4, -0.2) is 41.7 Å². The summed E-state index contributed by atoms with van der Waals surface area (Å²) < 4.78 is 0. The van der Waals surface area contributed by atoms with Gasteiger partial charge in [-0.1, -0.05) is 13.8 Å². The van der Waals surface area contributed by atoms with Crippen molar-refractivity contribution in [1.29, 1.82) is 0 Å². The number of carboxylic acid groups (broad SMARTS) is 1. The third-order valence-electron chi connectivity index (χ3n) is 1.76. The first-order valence-corrected chi connectivity index (χ1v) is 4.32. The molecule has 4 heteroatoms. The van der Waals surface area contributed by atoms with E-state index in [1.165, 1.54) is 0 Å². The van der Waals surface area contributed by atoms with Gasteiger partial charge in [-0.25, -0.2) is 0 Å². The summed E-state index contributed by atoms with van der Waals surface area (Å²) in [5.74, 6) is -0.926. The first-order valence-electron chi connectivity index (χ1n) is 4.32. The molecule has 72 valence electrons. The maximum Gasteiger partial charge on any atom is 0.321 e. The molecule has 1 atom stereocenters. The molecule has 0 aliphatic heterocycles. The SMILES string of the molecule is CCCN(CC)CC(N)C(=O)O. The zero-order chi connectivity index (χ0) is 9.56. The maximum absolute atomic E-state index is 10.4. The van der Waals surface area contributed by atoms with Crippen molar-refractivity contribution in [3.63, 3.8) is 0 Å². The predicted octanol–water partition coefficient (Wildman–Crippen LogP) is 0.130. The van der Waals surface area contributed by atoms with Crippen molar-refractivity contribution >= 4 is 5.97 Å². The summed E-state index contributed by atoms with van der Waals surface area (Å²) in [4.78, 5) is 12.4. The summed E-state index contributed by atoms with van der Waals surface area (Å²) in [5, 5.41) is 8.54. The molecular weight excluding hydrogens is 156 g/mol. The van der Waals surface area contributed by atoms with Crippen molar-refractivity contribution < 1.29 is 9.90 Å². The first kappa shape index (κ1) is 11.4. The molecule has 0 aliphatic carbocycles. The molecule has 0 aromatic rings. The average Bonchev–Trinajstić information content (AvgIpc) is 2.03. The van der Waals surface area contributed by atoms with E-state index in [0.29, 0.717) is 6.54 Å². The summed E-state index contributed by atoms with van der Waals surface area (Å²) in [5.41, 5.74) is 5.38. The van der Waals surface area contributed by atoms with E-state index in [4.69, 9.17) is 10.8 Å². The zero-order valence-electron chi connectivity index (χ0n) is 7.79. The number of hydrogen-bond donors (Lipinski definition) is 2. The van der Waals surface area contributed by atoms with E-state index in [9.17, 15) is 4.79 Å². The Kier molecular flexibility index (Phi) is 5.66. The van der Waals surface area contributed by atoms with E-state index >= 15 is 0 Å². The Morgan fingerprint density at radius 2 is 2.17 bits per heavy atom. The predicted molar refractivity (Wildman–Crippen MR) is 48.0 cm³/mol. The normalized spacial score (nSPS) is 13.3. The van der Waals surface area contributed by atoms with Crippen molar-refractivity contribution in [2.24, 2.45) is 5.73 Å². The second-order valence-electron chi connectivity index (χ2n) is 2.84. The monoisotopic (exact) mass is 174 g/mol. The summed E-state index contributed by atoms with van der Waals surface area (Å²) in [6.07, 6.45) is 1.03. The van der Waals surface area contributed by atoms with Crippen LogP contribution in [-0.2, 0) is 4.79 Å². The molecule has 0 rings (SSSR count). The number of nitrogens with zero attached hydrogens (tertiary/aromatic N) is 1. The van der Waals surface area contributed by atoms with Crippen LogP contribution in [0.25, 0.3) is 0 Å². The van der Waals surface area contributed by atoms with E-state index in [-0.39, 0.29) is 0 Å². The number of rotatable bonds is 6. The van der Waals surface area contributed by atoms with Crippen LogP contribution >= 0.6 is 0 Å². The fourth-order valence-corrected chi connectivity index (χ4v) is 1.05. The molecule has 0 amide bonds. The summed E-state index contributed by atoms with van der Waals surface area (Å²) in [6, 6.07) is -0.753. The summed E-state index contributed by atoms with van der Waals surface area (Å²) in [6.45, 7) is 6.28. The Balaban J connectivity index is 3.76. The lowest BCUT2D eigenvalue weighted by molar-refractivity contribution is -0.139. The van der Waals surface area contributed by atoms with Gasteiger partial charge in [-0.3, -0.25) is 4.79 Å². The Morgan fingerprint density at radius 1 is 1.58 bits per heavy atom. The highest BCUT2D eigenvalue weighted by Gasteiger charge is 2.14. The number of likely N-dealkylation sites (N-methyl/N-ethyl adjacent to an activating group) is 1. The number of aliphatic carboxylic acids is 1. The second kappa shape index (κ2) is 5.97. The van der Waals surface area contributed by atoms with E-state index < -0.39 is 12.0 Å². The van der Waals surface area contributed by atoms with Crippen molar-refractivity contribution in [3.05, 3.63) is 0 Å². The molecular formula is C8H18N2O2. The number of carboxylic acids is 1. The number of carbonyl (C=O) groups is 1. The summed E-state index contributed by atoms with van der Waals surface area (Å²) >= 11 is 0. The molecule has 0 fully saturated rings. The van der Waals surface area contributed by atoms with Gasteiger partial charge in [-0.2, -0.15) is 0 Å². The van der Waals surface area contributed by atoms with Gasteiger partial charge in [0.1, 0.15) is 6.04 Å². The van der Waals surface area contributed by atoms with Crippen LogP contribution in [0.15, 0.2) is 0 Å². The smallest absolute Gasteiger partial charge is 0.321 e. The van der Waals surface area contributed by atoms with Crippen LogP contribution in [0.5, 0.6) is 0 Å². The van der Waals surface area contributed by atoms with Gasteiger partial charge in [-0.05, 0) is 19.5 Å². The molecule has 0 spiro atoms. The molecule has 0 aromatic carbocycles. The molecule has 0 bridgehead atoms. The van der Waals surface area contributed by atoms with Crippen molar-refractivity contribution in [2.45, 2.75) is 26.3 Å². The Morgan fingerprint density at radius 3 is 2.50 bits per heavy atom. The van der Waals surface area contributed by atoms with Crippen LogP contribution in [0.2, 0.25) is 0 Å². The van der Waals surface area contributed by atoms with Crippen molar-refractivity contribution in [1.82, 2.24) is 4.90 Å². The van der Waals surface area contributed by atoms with E-state index in [1.54, 1.807) is 0 Å². The van der Waals surface area contributed by atoms with Gasteiger partial charge >= 0.3 is 5.97 Å². The highest BCUT2D eigenvalue weighted by atomic mass is 16.4. The number of nitrogens with two attached hydrogens (primary N) is 1. The molecule has 4 nitrogen and oxygen atoms in total. The molecule has 0 aliphatic rings. The molecule has 0 radical (unpaired) electrons. The van der Waals surface area contributed by atoms with Crippen molar-refractivity contribution in [2.75, 3.05) is 19.6 Å². The highest BCUT2D eigenvalue weighted by Crippen LogP contribution is 1.92. The van der Waals surface area contributed by atoms with Gasteiger partial charge in [-0.15, -0.1) is 0 Å². The molecule has 0 heterocycles. The lowest BCUT2D eigenvalue weighted by atomic mass is 10.3. The first-order chi connectivity index (χ1) is 5.61. The molecule has 0 aromatic heterocycles. The lowest BCUT2D eigenvalue weighted by Crippen LogP contribution is -2.42. The minimum atomic E-state index is -0.926. The van der Waals surface area contributed by atoms with Gasteiger partial charge < -0.3 is 15.7 Å². The van der Waals surface area contributed by atoms with E-state index in [0.717, 1.165) is 19.5 Å². The van der Waals surface area contributed by atoms with Gasteiger partial charge in [0.15, 0.2) is 0 Å². The van der Waals surface area contributed by atoms with Crippen LogP contribution in [0, 0.1) is 0 Å². The summed E-state index contributed by atoms with van der Waals surface area (Å²) in [7, 11) is 0. The number of hydrogen-bond acceptors (Lipinski definition) is 3. The third kappa shape index (κ3) is 4.31. The molecule has 1 unspecified atom stereocenters. The van der Waals surface area contributed by atoms with Gasteiger partial charge in [0.2, 0.25) is 0 Å². The third-order valence-corrected chi connectivity index (χ3v) is 1.76. The quantitative estimate of drug-likeness (QED) is 0.600. The van der Waals surface area contributed by atoms with Crippen LogP contribution < -0.4 is 5.73 Å². The van der Waals surface area contributed by atoms with Crippen LogP contribution in [0.4, 0.5) is 0 Å². The Hall–Kier alpha value is -0.610.